The van der Waals surface area contributed by atoms with Crippen LogP contribution in [-0.4, -0.2) is 20.1 Å². The van der Waals surface area contributed by atoms with E-state index in [1.807, 2.05) is 0 Å². The summed E-state index contributed by atoms with van der Waals surface area (Å²) >= 11 is -2.22. The normalized spacial score (nSPS) is 10.7. The van der Waals surface area contributed by atoms with E-state index in [9.17, 15) is 13.6 Å². The Morgan fingerprint density at radius 2 is 2.00 bits per heavy atom. The number of hydrogen-bond acceptors (Lipinski definition) is 4. The molecule has 2 N–H and O–H groups in total. The van der Waals surface area contributed by atoms with Gasteiger partial charge in [0.25, 0.3) is 0 Å². The average molecular weight is 252 g/mol. The molecule has 7 heteroatoms. The van der Waals surface area contributed by atoms with Crippen LogP contribution in [0.2, 0.25) is 0 Å². The molecule has 1 aromatic carbocycles. The van der Waals surface area contributed by atoms with E-state index < -0.39 is 11.1 Å². The summed E-state index contributed by atoms with van der Waals surface area (Å²) in [6.45, 7) is 3.14. The smallest absolute Gasteiger partial charge is 0.870 e. The Morgan fingerprint density at radius 3 is 2.38 bits per heavy atom. The molecule has 0 fully saturated rings. The molecule has 0 spiro atoms. The van der Waals surface area contributed by atoms with Gasteiger partial charge in [0.2, 0.25) is 5.91 Å². The maximum atomic E-state index is 10.8. The summed E-state index contributed by atoms with van der Waals surface area (Å²) in [4.78, 5) is 11.0. The topological polar surface area (TPSA) is 99.2 Å². The summed E-state index contributed by atoms with van der Waals surface area (Å²) < 4.78 is 21.2. The number of carbonyl (C=O) groups excluding carboxylic acids is 1. The number of hydrogen-bond donors (Lipinski definition) is 1. The Morgan fingerprint density at radius 1 is 1.44 bits per heavy atom. The van der Waals surface area contributed by atoms with Crippen LogP contribution in [0, 0.1) is 6.92 Å². The molecule has 0 aliphatic rings. The third-order valence-corrected chi connectivity index (χ3v) is 2.34. The van der Waals surface area contributed by atoms with E-state index in [-0.39, 0.29) is 45.8 Å². The standard InChI is InChI=1S/C9H11NO3S.Na.H2O/c1-6-5-8(14(12)13)3-4-9(6)10-7(2)11;;/h3-5H,1-2H3,(H,10,11)(H,12,13);;1H2/q;+1;/p-2. The van der Waals surface area contributed by atoms with Crippen molar-refractivity contribution >= 4 is 22.7 Å². The predicted molar refractivity (Wildman–Crippen MR) is 54.6 cm³/mol. The molecule has 5 nitrogen and oxygen atoms in total. The van der Waals surface area contributed by atoms with E-state index in [1.54, 1.807) is 13.0 Å². The summed E-state index contributed by atoms with van der Waals surface area (Å²) in [7, 11) is 0. The molecule has 16 heavy (non-hydrogen) atoms. The van der Waals surface area contributed by atoms with Crippen molar-refractivity contribution < 1.29 is 48.6 Å². The first-order valence-corrected chi connectivity index (χ1v) is 5.05. The van der Waals surface area contributed by atoms with Crippen molar-refractivity contribution in [1.82, 2.24) is 0 Å². The third kappa shape index (κ3) is 5.20. The largest absolute Gasteiger partial charge is 1.00 e. The van der Waals surface area contributed by atoms with Gasteiger partial charge in [-0.2, -0.15) is 0 Å². The van der Waals surface area contributed by atoms with Gasteiger partial charge in [-0.1, -0.05) is 0 Å². The molecular formula is C9H11NNaO4S-. The zero-order chi connectivity index (χ0) is 10.7. The Kier molecular flexibility index (Phi) is 9.00. The Bertz CT molecular complexity index is 397. The zero-order valence-electron chi connectivity index (χ0n) is 9.31. The SMILES string of the molecule is CC(=O)Nc1ccc(S(=O)[O-])cc1C.[Na+].[OH-]. The van der Waals surface area contributed by atoms with Crippen LogP contribution in [0.3, 0.4) is 0 Å². The molecule has 0 aromatic heterocycles. The minimum absolute atomic E-state index is 0. The summed E-state index contributed by atoms with van der Waals surface area (Å²) in [6.07, 6.45) is 0. The van der Waals surface area contributed by atoms with Crippen LogP contribution < -0.4 is 34.9 Å². The van der Waals surface area contributed by atoms with Crippen LogP contribution in [0.25, 0.3) is 0 Å². The van der Waals surface area contributed by atoms with Crippen molar-refractivity contribution in [2.45, 2.75) is 18.7 Å². The van der Waals surface area contributed by atoms with Gasteiger partial charge in [-0.25, -0.2) is 0 Å². The Hall–Kier alpha value is -0.240. The van der Waals surface area contributed by atoms with E-state index in [1.165, 1.54) is 19.1 Å². The second kappa shape index (κ2) is 7.94. The van der Waals surface area contributed by atoms with Crippen LogP contribution in [-0.2, 0) is 15.9 Å². The molecule has 1 unspecified atom stereocenters. The Balaban J connectivity index is 0. The predicted octanol–water partition coefficient (Wildman–Crippen LogP) is -1.98. The fourth-order valence-electron chi connectivity index (χ4n) is 1.07. The van der Waals surface area contributed by atoms with Gasteiger partial charge in [0, 0.05) is 17.5 Å². The van der Waals surface area contributed by atoms with Crippen molar-refractivity contribution in [3.63, 3.8) is 0 Å². The average Bonchev–Trinajstić information content (AvgIpc) is 2.07. The summed E-state index contributed by atoms with van der Waals surface area (Å²) in [5.74, 6) is -0.177. The molecule has 0 bridgehead atoms. The number of rotatable bonds is 2. The molecule has 1 amide bonds. The summed E-state index contributed by atoms with van der Waals surface area (Å²) in [6, 6.07) is 4.53. The molecule has 0 saturated carbocycles. The number of amides is 1. The first-order valence-electron chi connectivity index (χ1n) is 3.98. The zero-order valence-corrected chi connectivity index (χ0v) is 12.1. The van der Waals surface area contributed by atoms with E-state index >= 15 is 0 Å². The number of nitrogens with one attached hydrogen (secondary N) is 1. The van der Waals surface area contributed by atoms with E-state index in [4.69, 9.17) is 0 Å². The van der Waals surface area contributed by atoms with Crippen LogP contribution >= 0.6 is 0 Å². The van der Waals surface area contributed by atoms with Crippen molar-refractivity contribution in [2.24, 2.45) is 0 Å². The summed E-state index contributed by atoms with van der Waals surface area (Å²) in [5.41, 5.74) is 1.36. The van der Waals surface area contributed by atoms with Gasteiger partial charge in [-0.05, 0) is 41.8 Å². The molecule has 1 atom stereocenters. The van der Waals surface area contributed by atoms with Gasteiger partial charge in [0.15, 0.2) is 0 Å². The van der Waals surface area contributed by atoms with Crippen molar-refractivity contribution in [1.29, 1.82) is 0 Å². The van der Waals surface area contributed by atoms with Crippen LogP contribution in [0.1, 0.15) is 12.5 Å². The minimum atomic E-state index is -2.22. The minimum Gasteiger partial charge on any atom is -0.870 e. The molecule has 0 saturated heterocycles. The molecule has 0 radical (unpaired) electrons. The monoisotopic (exact) mass is 252 g/mol. The third-order valence-electron chi connectivity index (χ3n) is 1.70. The molecular weight excluding hydrogens is 241 g/mol. The molecule has 84 valence electrons. The van der Waals surface area contributed by atoms with Gasteiger partial charge in [0.1, 0.15) is 0 Å². The first-order chi connectivity index (χ1) is 6.50. The van der Waals surface area contributed by atoms with E-state index in [2.05, 4.69) is 5.32 Å². The van der Waals surface area contributed by atoms with E-state index in [0.717, 1.165) is 5.56 Å². The molecule has 0 aliphatic carbocycles. The quantitative estimate of drug-likeness (QED) is 0.487. The molecule has 0 heterocycles. The number of benzene rings is 1. The van der Waals surface area contributed by atoms with Gasteiger partial charge in [-0.15, -0.1) is 0 Å². The first kappa shape index (κ1) is 18.1. The second-order valence-corrected chi connectivity index (χ2v) is 3.83. The van der Waals surface area contributed by atoms with Crippen molar-refractivity contribution in [2.75, 3.05) is 5.32 Å². The molecule has 1 rings (SSSR count). The van der Waals surface area contributed by atoms with Crippen LogP contribution in [0.15, 0.2) is 23.1 Å². The van der Waals surface area contributed by atoms with Gasteiger partial charge in [-0.3, -0.25) is 9.00 Å². The molecule has 1 aromatic rings. The number of anilines is 1. The van der Waals surface area contributed by atoms with Gasteiger partial charge >= 0.3 is 29.6 Å². The van der Waals surface area contributed by atoms with E-state index in [0.29, 0.717) is 5.69 Å². The maximum absolute atomic E-state index is 10.8. The fraction of sp³-hybridized carbons (Fsp3) is 0.222. The summed E-state index contributed by atoms with van der Waals surface area (Å²) in [5, 5.41) is 2.60. The van der Waals surface area contributed by atoms with Crippen LogP contribution in [0.5, 0.6) is 0 Å². The molecule has 0 aliphatic heterocycles. The second-order valence-electron chi connectivity index (χ2n) is 2.89. The van der Waals surface area contributed by atoms with Gasteiger partial charge < -0.3 is 15.3 Å². The van der Waals surface area contributed by atoms with Crippen molar-refractivity contribution in [3.05, 3.63) is 23.8 Å². The Labute approximate surface area is 119 Å². The fourth-order valence-corrected chi connectivity index (χ4v) is 1.52. The van der Waals surface area contributed by atoms with Gasteiger partial charge in [0.05, 0.1) is 0 Å². The number of aryl methyl sites for hydroxylation is 1. The van der Waals surface area contributed by atoms with Crippen molar-refractivity contribution in [3.8, 4) is 0 Å². The van der Waals surface area contributed by atoms with Crippen LogP contribution in [0.4, 0.5) is 5.69 Å². The number of carbonyl (C=O) groups is 1. The maximum Gasteiger partial charge on any atom is 1.00 e.